The molecule has 112 valence electrons. The first-order valence-corrected chi connectivity index (χ1v) is 6.64. The molecule has 0 bridgehead atoms. The number of nitrogens with two attached hydrogens (primary N) is 1. The minimum absolute atomic E-state index is 0.303. The van der Waals surface area contributed by atoms with E-state index in [0.29, 0.717) is 33.8 Å². The van der Waals surface area contributed by atoms with Gasteiger partial charge in [-0.05, 0) is 24.3 Å². The average Bonchev–Trinajstić information content (AvgIpc) is 2.57. The quantitative estimate of drug-likeness (QED) is 0.746. The molecule has 0 aliphatic rings. The van der Waals surface area contributed by atoms with Crippen molar-refractivity contribution in [3.63, 3.8) is 0 Å². The summed E-state index contributed by atoms with van der Waals surface area (Å²) in [5, 5.41) is 0.476. The molecule has 0 aliphatic carbocycles. The van der Waals surface area contributed by atoms with E-state index in [4.69, 9.17) is 15.3 Å². The van der Waals surface area contributed by atoms with E-state index in [-0.39, 0.29) is 5.56 Å². The van der Waals surface area contributed by atoms with Crippen molar-refractivity contribution in [2.75, 3.05) is 20.1 Å². The molecular weight excluding hydrogens is 282 g/mol. The van der Waals surface area contributed by atoms with Crippen molar-refractivity contribution in [3.8, 4) is 22.9 Å². The number of para-hydroxylation sites is 1. The summed E-state index contributed by atoms with van der Waals surface area (Å²) < 4.78 is 11.5. The Morgan fingerprint density at radius 1 is 1.05 bits per heavy atom. The van der Waals surface area contributed by atoms with Crippen molar-refractivity contribution in [2.45, 2.75) is 0 Å². The molecule has 3 aromatic rings. The van der Waals surface area contributed by atoms with E-state index in [0.717, 1.165) is 4.68 Å². The Labute approximate surface area is 126 Å². The third-order valence-electron chi connectivity index (χ3n) is 3.42. The Balaban J connectivity index is 2.30. The molecule has 0 radical (unpaired) electrons. The topological polar surface area (TPSA) is 79.4 Å². The number of nitrogen functional groups attached to an aromatic ring is 1. The molecule has 2 aromatic carbocycles. The molecule has 6 heteroatoms. The van der Waals surface area contributed by atoms with Gasteiger partial charge in [-0.1, -0.05) is 12.1 Å². The number of aromatic nitrogens is 2. The van der Waals surface area contributed by atoms with Crippen LogP contribution in [0.15, 0.2) is 47.3 Å². The molecule has 0 saturated heterocycles. The first-order valence-electron chi connectivity index (χ1n) is 6.64. The third kappa shape index (κ3) is 2.24. The lowest BCUT2D eigenvalue weighted by Crippen LogP contribution is -2.29. The number of benzene rings is 2. The van der Waals surface area contributed by atoms with Crippen LogP contribution in [0.25, 0.3) is 22.3 Å². The minimum atomic E-state index is -0.303. The van der Waals surface area contributed by atoms with Gasteiger partial charge in [0.25, 0.3) is 5.56 Å². The first-order chi connectivity index (χ1) is 10.6. The largest absolute Gasteiger partial charge is 0.497 e. The van der Waals surface area contributed by atoms with Crippen molar-refractivity contribution >= 4 is 10.9 Å². The highest BCUT2D eigenvalue weighted by Crippen LogP contribution is 2.28. The van der Waals surface area contributed by atoms with Crippen molar-refractivity contribution in [1.29, 1.82) is 0 Å². The molecule has 6 nitrogen and oxygen atoms in total. The van der Waals surface area contributed by atoms with Gasteiger partial charge in [0.05, 0.1) is 25.1 Å². The number of rotatable bonds is 3. The maximum absolute atomic E-state index is 12.4. The molecule has 1 aromatic heterocycles. The van der Waals surface area contributed by atoms with Gasteiger partial charge in [-0.25, -0.2) is 9.66 Å². The number of hydrogen-bond donors (Lipinski definition) is 1. The smallest absolute Gasteiger partial charge is 0.280 e. The maximum atomic E-state index is 12.4. The number of fused-ring (bicyclic) bond motifs is 1. The molecule has 0 atom stereocenters. The van der Waals surface area contributed by atoms with Gasteiger partial charge < -0.3 is 15.3 Å². The van der Waals surface area contributed by atoms with Crippen LogP contribution in [0.4, 0.5) is 0 Å². The lowest BCUT2D eigenvalue weighted by molar-refractivity contribution is 0.394. The van der Waals surface area contributed by atoms with Crippen LogP contribution >= 0.6 is 0 Å². The SMILES string of the molecule is COc1cc(OC)cc(-c2nc3ccccc3c(=O)n2N)c1. The summed E-state index contributed by atoms with van der Waals surface area (Å²) in [6.45, 7) is 0. The Bertz CT molecular complexity index is 881. The number of nitrogens with zero attached hydrogens (tertiary/aromatic N) is 2. The van der Waals surface area contributed by atoms with Crippen LogP contribution < -0.4 is 20.9 Å². The Kier molecular flexibility index (Phi) is 3.42. The molecule has 0 unspecified atom stereocenters. The lowest BCUT2D eigenvalue weighted by Gasteiger charge is -2.11. The summed E-state index contributed by atoms with van der Waals surface area (Å²) in [4.78, 5) is 16.9. The van der Waals surface area contributed by atoms with Gasteiger partial charge in [-0.2, -0.15) is 0 Å². The molecule has 0 fully saturated rings. The Morgan fingerprint density at radius 2 is 1.68 bits per heavy atom. The Hall–Kier alpha value is -3.02. The standard InChI is InChI=1S/C16H15N3O3/c1-21-11-7-10(8-12(9-11)22-2)15-18-14-6-4-3-5-13(14)16(20)19(15)17/h3-9H,17H2,1-2H3. The molecule has 3 rings (SSSR count). The molecular formula is C16H15N3O3. The zero-order chi connectivity index (χ0) is 15.7. The summed E-state index contributed by atoms with van der Waals surface area (Å²) in [5.41, 5.74) is 0.926. The molecule has 0 spiro atoms. The second-order valence-electron chi connectivity index (χ2n) is 4.73. The minimum Gasteiger partial charge on any atom is -0.497 e. The second-order valence-corrected chi connectivity index (χ2v) is 4.73. The van der Waals surface area contributed by atoms with Gasteiger partial charge >= 0.3 is 0 Å². The fourth-order valence-corrected chi connectivity index (χ4v) is 2.29. The first kappa shape index (κ1) is 13.9. The van der Waals surface area contributed by atoms with E-state index in [9.17, 15) is 4.79 Å². The average molecular weight is 297 g/mol. The lowest BCUT2D eigenvalue weighted by atomic mass is 10.1. The van der Waals surface area contributed by atoms with Crippen LogP contribution in [0, 0.1) is 0 Å². The van der Waals surface area contributed by atoms with Gasteiger partial charge in [0.15, 0.2) is 5.82 Å². The van der Waals surface area contributed by atoms with E-state index in [1.54, 1.807) is 50.6 Å². The Morgan fingerprint density at radius 3 is 2.32 bits per heavy atom. The summed E-state index contributed by atoms with van der Waals surface area (Å²) in [7, 11) is 3.11. The van der Waals surface area contributed by atoms with Crippen LogP contribution in [-0.2, 0) is 0 Å². The van der Waals surface area contributed by atoms with Crippen LogP contribution in [0.5, 0.6) is 11.5 Å². The molecule has 22 heavy (non-hydrogen) atoms. The summed E-state index contributed by atoms with van der Waals surface area (Å²) in [6.07, 6.45) is 0. The molecule has 0 saturated carbocycles. The molecule has 1 heterocycles. The predicted octanol–water partition coefficient (Wildman–Crippen LogP) is 1.79. The van der Waals surface area contributed by atoms with Gasteiger partial charge in [0, 0.05) is 11.6 Å². The monoisotopic (exact) mass is 297 g/mol. The number of ether oxygens (including phenoxy) is 2. The van der Waals surface area contributed by atoms with Crippen LogP contribution in [0.2, 0.25) is 0 Å². The van der Waals surface area contributed by atoms with E-state index >= 15 is 0 Å². The van der Waals surface area contributed by atoms with Gasteiger partial charge in [0.2, 0.25) is 0 Å². The molecule has 0 aliphatic heterocycles. The van der Waals surface area contributed by atoms with E-state index in [1.165, 1.54) is 0 Å². The van der Waals surface area contributed by atoms with Gasteiger partial charge in [0.1, 0.15) is 11.5 Å². The highest BCUT2D eigenvalue weighted by molar-refractivity contribution is 5.80. The van der Waals surface area contributed by atoms with Crippen molar-refractivity contribution in [2.24, 2.45) is 0 Å². The van der Waals surface area contributed by atoms with Crippen LogP contribution in [0.1, 0.15) is 0 Å². The summed E-state index contributed by atoms with van der Waals surface area (Å²) >= 11 is 0. The summed E-state index contributed by atoms with van der Waals surface area (Å²) in [5.74, 6) is 7.46. The van der Waals surface area contributed by atoms with Crippen molar-refractivity contribution in [1.82, 2.24) is 9.66 Å². The number of hydrogen-bond acceptors (Lipinski definition) is 5. The second kappa shape index (κ2) is 5.40. The summed E-state index contributed by atoms with van der Waals surface area (Å²) in [6, 6.07) is 12.3. The predicted molar refractivity (Wildman–Crippen MR) is 84.7 cm³/mol. The van der Waals surface area contributed by atoms with Crippen LogP contribution in [-0.4, -0.2) is 23.9 Å². The zero-order valence-corrected chi connectivity index (χ0v) is 12.2. The van der Waals surface area contributed by atoms with Crippen LogP contribution in [0.3, 0.4) is 0 Å². The maximum Gasteiger partial charge on any atom is 0.280 e. The fourth-order valence-electron chi connectivity index (χ4n) is 2.29. The molecule has 0 amide bonds. The highest BCUT2D eigenvalue weighted by Gasteiger charge is 2.12. The zero-order valence-electron chi connectivity index (χ0n) is 12.2. The fraction of sp³-hybridized carbons (Fsp3) is 0.125. The highest BCUT2D eigenvalue weighted by atomic mass is 16.5. The van der Waals surface area contributed by atoms with E-state index < -0.39 is 0 Å². The third-order valence-corrected chi connectivity index (χ3v) is 3.42. The van der Waals surface area contributed by atoms with E-state index in [1.807, 2.05) is 6.07 Å². The van der Waals surface area contributed by atoms with Crippen molar-refractivity contribution in [3.05, 3.63) is 52.8 Å². The van der Waals surface area contributed by atoms with Crippen molar-refractivity contribution < 1.29 is 9.47 Å². The molecule has 2 N–H and O–H groups in total. The van der Waals surface area contributed by atoms with Gasteiger partial charge in [-0.3, -0.25) is 4.79 Å². The van der Waals surface area contributed by atoms with Gasteiger partial charge in [-0.15, -0.1) is 0 Å². The number of methoxy groups -OCH3 is 2. The van der Waals surface area contributed by atoms with E-state index in [2.05, 4.69) is 4.98 Å². The normalized spacial score (nSPS) is 10.6.